The summed E-state index contributed by atoms with van der Waals surface area (Å²) in [6.45, 7) is 2.54. The highest BCUT2D eigenvalue weighted by molar-refractivity contribution is 5.09. The van der Waals surface area contributed by atoms with Crippen LogP contribution >= 0.6 is 0 Å². The van der Waals surface area contributed by atoms with Crippen LogP contribution in [0.25, 0.3) is 0 Å². The van der Waals surface area contributed by atoms with E-state index in [0.29, 0.717) is 12.5 Å². The SMILES string of the molecule is CCCCCCCCC(CO)Cc1cccnc1. The van der Waals surface area contributed by atoms with Crippen LogP contribution in [0.2, 0.25) is 0 Å². The maximum Gasteiger partial charge on any atom is 0.0462 e. The molecule has 0 aliphatic carbocycles. The second-order valence-corrected chi connectivity index (χ2v) is 5.17. The number of aliphatic hydroxyl groups is 1. The molecule has 0 radical (unpaired) electrons. The highest BCUT2D eigenvalue weighted by Crippen LogP contribution is 2.16. The van der Waals surface area contributed by atoms with Crippen LogP contribution in [0.15, 0.2) is 24.5 Å². The second kappa shape index (κ2) is 10.1. The molecule has 0 bridgehead atoms. The molecule has 18 heavy (non-hydrogen) atoms. The van der Waals surface area contributed by atoms with Gasteiger partial charge in [-0.05, 0) is 30.4 Å². The fourth-order valence-electron chi connectivity index (χ4n) is 2.32. The molecule has 1 rings (SSSR count). The Labute approximate surface area is 111 Å². The van der Waals surface area contributed by atoms with E-state index in [2.05, 4.69) is 18.0 Å². The summed E-state index contributed by atoms with van der Waals surface area (Å²) in [6.07, 6.45) is 13.7. The van der Waals surface area contributed by atoms with Crippen molar-refractivity contribution in [2.75, 3.05) is 6.61 Å². The summed E-state index contributed by atoms with van der Waals surface area (Å²) in [7, 11) is 0. The largest absolute Gasteiger partial charge is 0.396 e. The first-order chi connectivity index (χ1) is 8.86. The molecule has 0 aromatic carbocycles. The van der Waals surface area contributed by atoms with Gasteiger partial charge in [0.2, 0.25) is 0 Å². The van der Waals surface area contributed by atoms with Gasteiger partial charge in [-0.1, -0.05) is 51.5 Å². The molecule has 1 aromatic rings. The van der Waals surface area contributed by atoms with Crippen molar-refractivity contribution in [3.63, 3.8) is 0 Å². The van der Waals surface area contributed by atoms with Gasteiger partial charge in [0.25, 0.3) is 0 Å². The quantitative estimate of drug-likeness (QED) is 0.636. The van der Waals surface area contributed by atoms with Gasteiger partial charge in [-0.15, -0.1) is 0 Å². The number of aliphatic hydroxyl groups excluding tert-OH is 1. The van der Waals surface area contributed by atoms with Crippen LogP contribution in [0.4, 0.5) is 0 Å². The summed E-state index contributed by atoms with van der Waals surface area (Å²) in [4.78, 5) is 4.12. The van der Waals surface area contributed by atoms with E-state index < -0.39 is 0 Å². The molecule has 1 heterocycles. The lowest BCUT2D eigenvalue weighted by molar-refractivity contribution is 0.214. The highest BCUT2D eigenvalue weighted by atomic mass is 16.3. The van der Waals surface area contributed by atoms with E-state index in [4.69, 9.17) is 0 Å². The molecule has 0 saturated heterocycles. The first kappa shape index (κ1) is 15.2. The first-order valence-corrected chi connectivity index (χ1v) is 7.36. The van der Waals surface area contributed by atoms with Crippen molar-refractivity contribution in [2.24, 2.45) is 5.92 Å². The molecule has 1 aromatic heterocycles. The van der Waals surface area contributed by atoms with Crippen molar-refractivity contribution in [1.29, 1.82) is 0 Å². The maximum absolute atomic E-state index is 9.41. The molecule has 2 nitrogen and oxygen atoms in total. The van der Waals surface area contributed by atoms with Gasteiger partial charge in [0.1, 0.15) is 0 Å². The van der Waals surface area contributed by atoms with Crippen LogP contribution in [0.5, 0.6) is 0 Å². The zero-order chi connectivity index (χ0) is 13.1. The molecular formula is C16H27NO. The molecule has 0 spiro atoms. The van der Waals surface area contributed by atoms with Gasteiger partial charge in [0.15, 0.2) is 0 Å². The van der Waals surface area contributed by atoms with Crippen LogP contribution in [-0.4, -0.2) is 16.7 Å². The fourth-order valence-corrected chi connectivity index (χ4v) is 2.32. The number of hydrogen-bond acceptors (Lipinski definition) is 2. The fraction of sp³-hybridized carbons (Fsp3) is 0.688. The van der Waals surface area contributed by atoms with Crippen LogP contribution in [0.3, 0.4) is 0 Å². The molecule has 1 unspecified atom stereocenters. The zero-order valence-corrected chi connectivity index (χ0v) is 11.6. The van der Waals surface area contributed by atoms with Crippen LogP contribution in [0.1, 0.15) is 57.4 Å². The van der Waals surface area contributed by atoms with Crippen molar-refractivity contribution in [1.82, 2.24) is 4.98 Å². The third kappa shape index (κ3) is 6.75. The smallest absolute Gasteiger partial charge is 0.0462 e. The van der Waals surface area contributed by atoms with Gasteiger partial charge >= 0.3 is 0 Å². The Balaban J connectivity index is 2.14. The van der Waals surface area contributed by atoms with E-state index in [-0.39, 0.29) is 0 Å². The first-order valence-electron chi connectivity index (χ1n) is 7.36. The van der Waals surface area contributed by atoms with E-state index in [1.54, 1.807) is 6.20 Å². The predicted octanol–water partition coefficient (Wildman–Crippen LogP) is 3.98. The lowest BCUT2D eigenvalue weighted by Gasteiger charge is -2.13. The molecule has 0 aliphatic rings. The van der Waals surface area contributed by atoms with Crippen molar-refractivity contribution in [3.8, 4) is 0 Å². The second-order valence-electron chi connectivity index (χ2n) is 5.17. The third-order valence-electron chi connectivity index (χ3n) is 3.47. The normalized spacial score (nSPS) is 12.6. The third-order valence-corrected chi connectivity index (χ3v) is 3.47. The minimum atomic E-state index is 0.295. The molecule has 2 heteroatoms. The number of aromatic nitrogens is 1. The molecule has 1 atom stereocenters. The van der Waals surface area contributed by atoms with Gasteiger partial charge in [-0.3, -0.25) is 4.98 Å². The zero-order valence-electron chi connectivity index (χ0n) is 11.6. The molecule has 0 aliphatic heterocycles. The van der Waals surface area contributed by atoms with Crippen molar-refractivity contribution in [3.05, 3.63) is 30.1 Å². The maximum atomic E-state index is 9.41. The van der Waals surface area contributed by atoms with E-state index in [1.807, 2.05) is 12.3 Å². The number of nitrogens with zero attached hydrogens (tertiary/aromatic N) is 1. The standard InChI is InChI=1S/C16H27NO/c1-2-3-4-5-6-7-9-16(14-18)12-15-10-8-11-17-13-15/h8,10-11,13,16,18H,2-7,9,12,14H2,1H3. The summed E-state index contributed by atoms with van der Waals surface area (Å²) in [5, 5.41) is 9.41. The van der Waals surface area contributed by atoms with Crippen LogP contribution in [-0.2, 0) is 6.42 Å². The summed E-state index contributed by atoms with van der Waals surface area (Å²) < 4.78 is 0. The lowest BCUT2D eigenvalue weighted by Crippen LogP contribution is -2.09. The van der Waals surface area contributed by atoms with E-state index in [9.17, 15) is 5.11 Å². The van der Waals surface area contributed by atoms with Gasteiger partial charge in [-0.2, -0.15) is 0 Å². The van der Waals surface area contributed by atoms with Gasteiger partial charge in [0.05, 0.1) is 0 Å². The van der Waals surface area contributed by atoms with Crippen molar-refractivity contribution >= 4 is 0 Å². The average molecular weight is 249 g/mol. The van der Waals surface area contributed by atoms with Crippen molar-refractivity contribution < 1.29 is 5.11 Å². The monoisotopic (exact) mass is 249 g/mol. The molecule has 0 amide bonds. The number of rotatable bonds is 10. The van der Waals surface area contributed by atoms with Gasteiger partial charge < -0.3 is 5.11 Å². The van der Waals surface area contributed by atoms with Gasteiger partial charge in [0, 0.05) is 19.0 Å². The van der Waals surface area contributed by atoms with Crippen LogP contribution < -0.4 is 0 Å². The molecule has 0 fully saturated rings. The topological polar surface area (TPSA) is 33.1 Å². The number of pyridine rings is 1. The van der Waals surface area contributed by atoms with Crippen molar-refractivity contribution in [2.45, 2.75) is 58.3 Å². The Hall–Kier alpha value is -0.890. The Morgan fingerprint density at radius 1 is 1.17 bits per heavy atom. The average Bonchev–Trinajstić information content (AvgIpc) is 2.42. The highest BCUT2D eigenvalue weighted by Gasteiger charge is 2.08. The molecule has 0 saturated carbocycles. The van der Waals surface area contributed by atoms with E-state index in [1.165, 1.54) is 44.1 Å². The Kier molecular flexibility index (Phi) is 8.49. The van der Waals surface area contributed by atoms with Crippen LogP contribution in [0, 0.1) is 5.92 Å². The number of hydrogen-bond donors (Lipinski definition) is 1. The van der Waals surface area contributed by atoms with Gasteiger partial charge in [-0.25, -0.2) is 0 Å². The number of unbranched alkanes of at least 4 members (excludes halogenated alkanes) is 5. The minimum absolute atomic E-state index is 0.295. The Bertz CT molecular complexity index is 286. The summed E-state index contributed by atoms with van der Waals surface area (Å²) >= 11 is 0. The summed E-state index contributed by atoms with van der Waals surface area (Å²) in [5.74, 6) is 0.403. The summed E-state index contributed by atoms with van der Waals surface area (Å²) in [6, 6.07) is 4.06. The van der Waals surface area contributed by atoms with E-state index >= 15 is 0 Å². The predicted molar refractivity (Wildman–Crippen MR) is 76.5 cm³/mol. The Morgan fingerprint density at radius 3 is 2.61 bits per heavy atom. The Morgan fingerprint density at radius 2 is 1.94 bits per heavy atom. The minimum Gasteiger partial charge on any atom is -0.396 e. The molecular weight excluding hydrogens is 222 g/mol. The molecule has 1 N–H and O–H groups in total. The lowest BCUT2D eigenvalue weighted by atomic mass is 9.95. The van der Waals surface area contributed by atoms with E-state index in [0.717, 1.165) is 12.8 Å². The molecule has 102 valence electrons. The summed E-state index contributed by atoms with van der Waals surface area (Å²) in [5.41, 5.74) is 1.24.